The predicted molar refractivity (Wildman–Crippen MR) is 121 cm³/mol. The maximum atomic E-state index is 6.29. The molecule has 0 atom stereocenters. The van der Waals surface area contributed by atoms with Crippen molar-refractivity contribution in [3.05, 3.63) is 108 Å². The monoisotopic (exact) mass is 392 g/mol. The SMILES string of the molecule is Clc1cc(-c2ccccc2)nc(-c2ccc(-c3cccc4ccccc34)cc2)n1. The van der Waals surface area contributed by atoms with E-state index in [1.165, 1.54) is 16.3 Å². The molecule has 0 radical (unpaired) electrons. The van der Waals surface area contributed by atoms with Gasteiger partial charge < -0.3 is 0 Å². The average molecular weight is 393 g/mol. The van der Waals surface area contributed by atoms with Gasteiger partial charge >= 0.3 is 0 Å². The fraction of sp³-hybridized carbons (Fsp3) is 0. The summed E-state index contributed by atoms with van der Waals surface area (Å²) in [6, 6.07) is 35.0. The molecule has 5 rings (SSSR count). The highest BCUT2D eigenvalue weighted by molar-refractivity contribution is 6.29. The minimum absolute atomic E-state index is 0.437. The van der Waals surface area contributed by atoms with E-state index in [0.717, 1.165) is 22.4 Å². The van der Waals surface area contributed by atoms with Crippen LogP contribution < -0.4 is 0 Å². The molecule has 0 unspecified atom stereocenters. The fourth-order valence-corrected chi connectivity index (χ4v) is 3.76. The van der Waals surface area contributed by atoms with Gasteiger partial charge in [0.1, 0.15) is 5.15 Å². The first-order valence-corrected chi connectivity index (χ1v) is 9.84. The summed E-state index contributed by atoms with van der Waals surface area (Å²) in [7, 11) is 0. The molecular formula is C26H17ClN2. The number of halogens is 1. The lowest BCUT2D eigenvalue weighted by atomic mass is 9.97. The number of aromatic nitrogens is 2. The second-order valence-electron chi connectivity index (χ2n) is 6.87. The first-order chi connectivity index (χ1) is 14.3. The van der Waals surface area contributed by atoms with Crippen LogP contribution >= 0.6 is 11.6 Å². The van der Waals surface area contributed by atoms with Crippen molar-refractivity contribution in [2.75, 3.05) is 0 Å². The van der Waals surface area contributed by atoms with Crippen molar-refractivity contribution < 1.29 is 0 Å². The second kappa shape index (κ2) is 7.50. The van der Waals surface area contributed by atoms with Gasteiger partial charge in [-0.2, -0.15) is 0 Å². The molecule has 0 N–H and O–H groups in total. The maximum absolute atomic E-state index is 6.29. The Bertz CT molecular complexity index is 1290. The molecule has 0 saturated heterocycles. The first kappa shape index (κ1) is 17.6. The molecule has 0 bridgehead atoms. The molecule has 0 aliphatic heterocycles. The normalized spacial score (nSPS) is 10.9. The van der Waals surface area contributed by atoms with Crippen LogP contribution in [-0.4, -0.2) is 9.97 Å². The molecule has 2 nitrogen and oxygen atoms in total. The third-order valence-corrected chi connectivity index (χ3v) is 5.20. The molecule has 4 aromatic carbocycles. The van der Waals surface area contributed by atoms with Gasteiger partial charge in [-0.05, 0) is 21.9 Å². The van der Waals surface area contributed by atoms with E-state index in [1.807, 2.05) is 30.3 Å². The van der Waals surface area contributed by atoms with Gasteiger partial charge in [0.05, 0.1) is 5.69 Å². The lowest BCUT2D eigenvalue weighted by Gasteiger charge is -2.09. The molecule has 29 heavy (non-hydrogen) atoms. The molecule has 138 valence electrons. The third-order valence-electron chi connectivity index (χ3n) is 5.01. The van der Waals surface area contributed by atoms with Crippen LogP contribution in [-0.2, 0) is 0 Å². The van der Waals surface area contributed by atoms with Crippen LogP contribution in [0.4, 0.5) is 0 Å². The topological polar surface area (TPSA) is 25.8 Å². The van der Waals surface area contributed by atoms with Crippen molar-refractivity contribution in [2.24, 2.45) is 0 Å². The molecule has 0 saturated carbocycles. The predicted octanol–water partition coefficient (Wildman–Crippen LogP) is 7.28. The average Bonchev–Trinajstić information content (AvgIpc) is 2.79. The van der Waals surface area contributed by atoms with Crippen LogP contribution in [0.3, 0.4) is 0 Å². The van der Waals surface area contributed by atoms with Gasteiger partial charge in [-0.25, -0.2) is 9.97 Å². The Hall–Kier alpha value is -3.49. The minimum atomic E-state index is 0.437. The lowest BCUT2D eigenvalue weighted by molar-refractivity contribution is 1.18. The lowest BCUT2D eigenvalue weighted by Crippen LogP contribution is -1.93. The zero-order chi connectivity index (χ0) is 19.6. The van der Waals surface area contributed by atoms with E-state index < -0.39 is 0 Å². The largest absolute Gasteiger partial charge is 0.228 e. The molecular weight excluding hydrogens is 376 g/mol. The number of hydrogen-bond acceptors (Lipinski definition) is 2. The van der Waals surface area contributed by atoms with Gasteiger partial charge in [0.2, 0.25) is 0 Å². The Morgan fingerprint density at radius 1 is 0.552 bits per heavy atom. The fourth-order valence-electron chi connectivity index (χ4n) is 3.58. The van der Waals surface area contributed by atoms with Crippen molar-refractivity contribution in [1.29, 1.82) is 0 Å². The van der Waals surface area contributed by atoms with Gasteiger partial charge in [0, 0.05) is 17.2 Å². The Morgan fingerprint density at radius 2 is 1.24 bits per heavy atom. The molecule has 0 spiro atoms. The summed E-state index contributed by atoms with van der Waals surface area (Å²) in [5.74, 6) is 0.626. The van der Waals surface area contributed by atoms with E-state index >= 15 is 0 Å². The summed E-state index contributed by atoms with van der Waals surface area (Å²) in [6.45, 7) is 0. The Kier molecular flexibility index (Phi) is 4.55. The van der Waals surface area contributed by atoms with Gasteiger partial charge in [-0.15, -0.1) is 0 Å². The molecule has 0 fully saturated rings. The van der Waals surface area contributed by atoms with Crippen molar-refractivity contribution in [3.8, 4) is 33.8 Å². The summed E-state index contributed by atoms with van der Waals surface area (Å²) < 4.78 is 0. The van der Waals surface area contributed by atoms with Gasteiger partial charge in [-0.3, -0.25) is 0 Å². The van der Waals surface area contributed by atoms with E-state index in [-0.39, 0.29) is 0 Å². The van der Waals surface area contributed by atoms with E-state index in [2.05, 4.69) is 71.7 Å². The highest BCUT2D eigenvalue weighted by Crippen LogP contribution is 2.30. The number of hydrogen-bond donors (Lipinski definition) is 0. The zero-order valence-corrected chi connectivity index (χ0v) is 16.3. The highest BCUT2D eigenvalue weighted by Gasteiger charge is 2.09. The van der Waals surface area contributed by atoms with Crippen LogP contribution in [0.15, 0.2) is 103 Å². The van der Waals surface area contributed by atoms with Crippen LogP contribution in [0.1, 0.15) is 0 Å². The number of benzene rings is 4. The van der Waals surface area contributed by atoms with E-state index in [0.29, 0.717) is 11.0 Å². The smallest absolute Gasteiger partial charge is 0.161 e. The maximum Gasteiger partial charge on any atom is 0.161 e. The molecule has 0 amide bonds. The van der Waals surface area contributed by atoms with Gasteiger partial charge in [-0.1, -0.05) is 109 Å². The van der Waals surface area contributed by atoms with Gasteiger partial charge in [0.15, 0.2) is 5.82 Å². The van der Waals surface area contributed by atoms with Crippen LogP contribution in [0.25, 0.3) is 44.5 Å². The highest BCUT2D eigenvalue weighted by atomic mass is 35.5. The molecule has 0 aliphatic rings. The summed E-state index contributed by atoms with van der Waals surface area (Å²) in [6.07, 6.45) is 0. The van der Waals surface area contributed by atoms with Gasteiger partial charge in [0.25, 0.3) is 0 Å². The Morgan fingerprint density at radius 3 is 2.07 bits per heavy atom. The zero-order valence-electron chi connectivity index (χ0n) is 15.6. The number of rotatable bonds is 3. The van der Waals surface area contributed by atoms with Crippen molar-refractivity contribution >= 4 is 22.4 Å². The first-order valence-electron chi connectivity index (χ1n) is 9.46. The van der Waals surface area contributed by atoms with E-state index in [4.69, 9.17) is 16.6 Å². The Balaban J connectivity index is 1.55. The van der Waals surface area contributed by atoms with E-state index in [9.17, 15) is 0 Å². The van der Waals surface area contributed by atoms with Crippen LogP contribution in [0.5, 0.6) is 0 Å². The molecule has 5 aromatic rings. The minimum Gasteiger partial charge on any atom is -0.228 e. The molecule has 1 aromatic heterocycles. The van der Waals surface area contributed by atoms with Crippen molar-refractivity contribution in [3.63, 3.8) is 0 Å². The standard InChI is InChI=1S/C26H17ClN2/c27-25-17-24(20-8-2-1-3-9-20)28-26(29-25)21-15-13-19(14-16-21)23-12-6-10-18-7-4-5-11-22(18)23/h1-17H. The molecule has 3 heteroatoms. The number of nitrogens with zero attached hydrogens (tertiary/aromatic N) is 2. The second-order valence-corrected chi connectivity index (χ2v) is 7.26. The quantitative estimate of drug-likeness (QED) is 0.301. The number of fused-ring (bicyclic) bond motifs is 1. The third kappa shape index (κ3) is 3.51. The molecule has 1 heterocycles. The van der Waals surface area contributed by atoms with Crippen molar-refractivity contribution in [2.45, 2.75) is 0 Å². The summed E-state index contributed by atoms with van der Waals surface area (Å²) >= 11 is 6.29. The van der Waals surface area contributed by atoms with Crippen LogP contribution in [0, 0.1) is 0 Å². The van der Waals surface area contributed by atoms with Crippen LogP contribution in [0.2, 0.25) is 5.15 Å². The van der Waals surface area contributed by atoms with Crippen molar-refractivity contribution in [1.82, 2.24) is 9.97 Å². The van der Waals surface area contributed by atoms with E-state index in [1.54, 1.807) is 6.07 Å². The molecule has 0 aliphatic carbocycles. The Labute approximate surface area is 174 Å². The summed E-state index contributed by atoms with van der Waals surface area (Å²) in [4.78, 5) is 9.17. The summed E-state index contributed by atoms with van der Waals surface area (Å²) in [5, 5.41) is 2.92. The summed E-state index contributed by atoms with van der Waals surface area (Å²) in [5.41, 5.74) is 5.15.